The highest BCUT2D eigenvalue weighted by Crippen LogP contribution is 2.30. The first-order valence-corrected chi connectivity index (χ1v) is 11.6. The van der Waals surface area contributed by atoms with E-state index in [9.17, 15) is 18.0 Å². The second kappa shape index (κ2) is 9.40. The highest BCUT2D eigenvalue weighted by molar-refractivity contribution is 7.88. The first-order chi connectivity index (χ1) is 14.2. The molecule has 1 fully saturated rings. The zero-order valence-electron chi connectivity index (χ0n) is 17.1. The number of anilines is 1. The van der Waals surface area contributed by atoms with Crippen LogP contribution in [0.4, 0.5) is 5.69 Å². The third-order valence-corrected chi connectivity index (χ3v) is 6.15. The third kappa shape index (κ3) is 6.67. The van der Waals surface area contributed by atoms with Crippen LogP contribution in [0.3, 0.4) is 0 Å². The fourth-order valence-corrected chi connectivity index (χ4v) is 4.39. The molecule has 2 aromatic carbocycles. The van der Waals surface area contributed by atoms with Crippen molar-refractivity contribution in [2.24, 2.45) is 5.92 Å². The van der Waals surface area contributed by atoms with Gasteiger partial charge in [-0.2, -0.15) is 0 Å². The van der Waals surface area contributed by atoms with Crippen molar-refractivity contribution in [2.75, 3.05) is 5.32 Å². The first-order valence-electron chi connectivity index (χ1n) is 9.99. The maximum atomic E-state index is 12.3. The van der Waals surface area contributed by atoms with Gasteiger partial charge >= 0.3 is 0 Å². The molecular formula is C22H27N3O4S. The third-order valence-electron chi connectivity index (χ3n) is 4.61. The van der Waals surface area contributed by atoms with Crippen LogP contribution in [-0.4, -0.2) is 26.3 Å². The molecule has 0 unspecified atom stereocenters. The Bertz CT molecular complexity index is 996. The Hall–Kier alpha value is -2.71. The number of nitrogens with one attached hydrogen (secondary N) is 3. The molecule has 3 rings (SSSR count). The van der Waals surface area contributed by atoms with E-state index in [2.05, 4.69) is 15.4 Å². The second-order valence-electron chi connectivity index (χ2n) is 7.87. The summed E-state index contributed by atoms with van der Waals surface area (Å²) in [6, 6.07) is 13.7. The Labute approximate surface area is 177 Å². The topological polar surface area (TPSA) is 104 Å². The van der Waals surface area contributed by atoms with Crippen molar-refractivity contribution in [1.29, 1.82) is 0 Å². The lowest BCUT2D eigenvalue weighted by Crippen LogP contribution is -2.31. The monoisotopic (exact) mass is 429 g/mol. The van der Waals surface area contributed by atoms with Crippen molar-refractivity contribution in [3.8, 4) is 0 Å². The summed E-state index contributed by atoms with van der Waals surface area (Å²) in [5.41, 5.74) is 2.74. The Morgan fingerprint density at radius 3 is 2.13 bits per heavy atom. The predicted octanol–water partition coefficient (Wildman–Crippen LogP) is 2.79. The molecule has 3 N–H and O–H groups in total. The molecule has 7 nitrogen and oxygen atoms in total. The van der Waals surface area contributed by atoms with Gasteiger partial charge in [-0.1, -0.05) is 24.3 Å². The lowest BCUT2D eigenvalue weighted by molar-refractivity contribution is -0.117. The summed E-state index contributed by atoms with van der Waals surface area (Å²) in [5, 5.41) is 5.68. The van der Waals surface area contributed by atoms with Gasteiger partial charge in [0.15, 0.2) is 0 Å². The molecule has 0 atom stereocenters. The van der Waals surface area contributed by atoms with Crippen molar-refractivity contribution in [3.05, 3.63) is 65.2 Å². The van der Waals surface area contributed by atoms with Crippen molar-refractivity contribution in [2.45, 2.75) is 45.0 Å². The normalized spacial score (nSPS) is 13.8. The molecule has 0 radical (unpaired) electrons. The van der Waals surface area contributed by atoms with E-state index in [0.717, 1.165) is 18.4 Å². The Balaban J connectivity index is 1.50. The second-order valence-corrected chi connectivity index (χ2v) is 9.63. The fraction of sp³-hybridized carbons (Fsp3) is 0.364. The maximum Gasteiger partial charge on any atom is 0.251 e. The van der Waals surface area contributed by atoms with E-state index in [4.69, 9.17) is 0 Å². The van der Waals surface area contributed by atoms with Gasteiger partial charge in [-0.05, 0) is 62.1 Å². The van der Waals surface area contributed by atoms with Crippen LogP contribution in [0.2, 0.25) is 0 Å². The van der Waals surface area contributed by atoms with E-state index in [1.54, 1.807) is 62.4 Å². The number of hydrogen-bond donors (Lipinski definition) is 3. The maximum absolute atomic E-state index is 12.3. The van der Waals surface area contributed by atoms with E-state index in [1.165, 1.54) is 0 Å². The SMILES string of the molecule is CC(C)NS(=O)(=O)Cc1ccc(CNC(=O)c2ccc(NC(=O)C3CC3)cc2)cc1. The zero-order valence-corrected chi connectivity index (χ0v) is 18.0. The highest BCUT2D eigenvalue weighted by atomic mass is 32.2. The van der Waals surface area contributed by atoms with Crippen LogP contribution in [0.5, 0.6) is 0 Å². The summed E-state index contributed by atoms with van der Waals surface area (Å²) < 4.78 is 26.5. The summed E-state index contributed by atoms with van der Waals surface area (Å²) >= 11 is 0. The molecule has 0 saturated heterocycles. The van der Waals surface area contributed by atoms with Gasteiger partial charge in [0.2, 0.25) is 15.9 Å². The Kier molecular flexibility index (Phi) is 6.89. The van der Waals surface area contributed by atoms with Crippen LogP contribution < -0.4 is 15.4 Å². The van der Waals surface area contributed by atoms with Crippen LogP contribution in [0.25, 0.3) is 0 Å². The molecule has 0 spiro atoms. The highest BCUT2D eigenvalue weighted by Gasteiger charge is 2.29. The molecule has 2 aromatic rings. The van der Waals surface area contributed by atoms with Gasteiger partial charge in [-0.3, -0.25) is 9.59 Å². The smallest absolute Gasteiger partial charge is 0.251 e. The van der Waals surface area contributed by atoms with Gasteiger partial charge in [0.25, 0.3) is 5.91 Å². The molecule has 0 heterocycles. The molecule has 1 aliphatic rings. The van der Waals surface area contributed by atoms with E-state index in [-0.39, 0.29) is 29.5 Å². The standard InChI is InChI=1S/C22H27N3O4S/c1-15(2)25-30(28,29)14-17-5-3-16(4-6-17)13-23-21(26)18-9-11-20(12-10-18)24-22(27)19-7-8-19/h3-6,9-12,15,19,25H,7-8,13-14H2,1-2H3,(H,23,26)(H,24,27). The molecule has 2 amide bonds. The lowest BCUT2D eigenvalue weighted by Gasteiger charge is -2.10. The molecule has 0 aliphatic heterocycles. The van der Waals surface area contributed by atoms with E-state index < -0.39 is 10.0 Å². The number of sulfonamides is 1. The first kappa shape index (κ1) is 22.0. The van der Waals surface area contributed by atoms with Gasteiger partial charge in [0, 0.05) is 29.8 Å². The van der Waals surface area contributed by atoms with Gasteiger partial charge in [0.05, 0.1) is 5.75 Å². The molecule has 1 saturated carbocycles. The van der Waals surface area contributed by atoms with Crippen LogP contribution in [0.15, 0.2) is 48.5 Å². The van der Waals surface area contributed by atoms with E-state index >= 15 is 0 Å². The molecule has 160 valence electrons. The minimum Gasteiger partial charge on any atom is -0.348 e. The average Bonchev–Trinajstić information content (AvgIpc) is 3.52. The van der Waals surface area contributed by atoms with Gasteiger partial charge in [-0.25, -0.2) is 13.1 Å². The summed E-state index contributed by atoms with van der Waals surface area (Å²) in [6.07, 6.45) is 1.88. The Morgan fingerprint density at radius 1 is 0.967 bits per heavy atom. The summed E-state index contributed by atoms with van der Waals surface area (Å²) in [7, 11) is -3.37. The largest absolute Gasteiger partial charge is 0.348 e. The van der Waals surface area contributed by atoms with Crippen LogP contribution in [0.1, 0.15) is 48.2 Å². The number of rotatable bonds is 9. The number of carbonyl (C=O) groups is 2. The van der Waals surface area contributed by atoms with Gasteiger partial charge in [-0.15, -0.1) is 0 Å². The minimum absolute atomic E-state index is 0.0310. The number of hydrogen-bond acceptors (Lipinski definition) is 4. The summed E-state index contributed by atoms with van der Waals surface area (Å²) in [6.45, 7) is 3.89. The molecule has 0 aromatic heterocycles. The molecule has 1 aliphatic carbocycles. The summed E-state index contributed by atoms with van der Waals surface area (Å²) in [5.74, 6) is -0.140. The van der Waals surface area contributed by atoms with Crippen LogP contribution in [0, 0.1) is 5.92 Å². The Morgan fingerprint density at radius 2 is 1.57 bits per heavy atom. The van der Waals surface area contributed by atoms with Gasteiger partial charge < -0.3 is 10.6 Å². The van der Waals surface area contributed by atoms with Crippen LogP contribution >= 0.6 is 0 Å². The van der Waals surface area contributed by atoms with Crippen molar-refractivity contribution in [3.63, 3.8) is 0 Å². The lowest BCUT2D eigenvalue weighted by atomic mass is 10.1. The number of benzene rings is 2. The van der Waals surface area contributed by atoms with Gasteiger partial charge in [0.1, 0.15) is 0 Å². The van der Waals surface area contributed by atoms with Crippen molar-refractivity contribution in [1.82, 2.24) is 10.0 Å². The molecule has 0 bridgehead atoms. The average molecular weight is 430 g/mol. The zero-order chi connectivity index (χ0) is 21.7. The van der Waals surface area contributed by atoms with E-state index in [1.807, 2.05) is 0 Å². The van der Waals surface area contributed by atoms with Crippen molar-refractivity contribution >= 4 is 27.5 Å². The van der Waals surface area contributed by atoms with Crippen LogP contribution in [-0.2, 0) is 27.1 Å². The van der Waals surface area contributed by atoms with E-state index in [0.29, 0.717) is 23.4 Å². The summed E-state index contributed by atoms with van der Waals surface area (Å²) in [4.78, 5) is 24.1. The minimum atomic E-state index is -3.37. The number of amides is 2. The fourth-order valence-electron chi connectivity index (χ4n) is 2.95. The van der Waals surface area contributed by atoms with Crippen molar-refractivity contribution < 1.29 is 18.0 Å². The predicted molar refractivity (Wildman–Crippen MR) is 116 cm³/mol. The quantitative estimate of drug-likeness (QED) is 0.570. The number of carbonyl (C=O) groups excluding carboxylic acids is 2. The molecule has 30 heavy (non-hydrogen) atoms. The molecule has 8 heteroatoms. The molecular weight excluding hydrogens is 402 g/mol.